The highest BCUT2D eigenvalue weighted by Gasteiger charge is 2.43. The van der Waals surface area contributed by atoms with Gasteiger partial charge < -0.3 is 19.9 Å². The Hall–Kier alpha value is -4.29. The SMILES string of the molecule is CCCCCCCCCCCCCCCCOC(=O)c1ccc(Cl)c(N2C(N)=C(C#N)C(c3ccccc3)C(C(=O)OC)=C2C(=O)OC)c1. The first-order valence-electron chi connectivity index (χ1n) is 17.4. The fourth-order valence-corrected chi connectivity index (χ4v) is 6.32. The predicted octanol–water partition coefficient (Wildman–Crippen LogP) is 8.88. The van der Waals surface area contributed by atoms with E-state index >= 15 is 0 Å². The Kier molecular flexibility index (Phi) is 16.7. The van der Waals surface area contributed by atoms with Gasteiger partial charge in [-0.2, -0.15) is 5.26 Å². The molecular weight excluding hydrogens is 642 g/mol. The summed E-state index contributed by atoms with van der Waals surface area (Å²) in [7, 11) is 2.33. The number of unbranched alkanes of at least 4 members (excludes halogenated alkanes) is 13. The third kappa shape index (κ3) is 10.9. The third-order valence-electron chi connectivity index (χ3n) is 8.76. The highest BCUT2D eigenvalue weighted by molar-refractivity contribution is 6.33. The van der Waals surface area contributed by atoms with Crippen molar-refractivity contribution in [2.24, 2.45) is 5.73 Å². The van der Waals surface area contributed by atoms with Crippen LogP contribution in [0.4, 0.5) is 5.69 Å². The molecule has 0 spiro atoms. The Labute approximate surface area is 296 Å². The number of allylic oxidation sites excluding steroid dienone is 1. The van der Waals surface area contributed by atoms with Gasteiger partial charge in [-0.15, -0.1) is 0 Å². The molecule has 1 unspecified atom stereocenters. The molecule has 3 rings (SSSR count). The summed E-state index contributed by atoms with van der Waals surface area (Å²) in [5.74, 6) is -3.53. The quantitative estimate of drug-likeness (QED) is 0.0821. The molecule has 2 aromatic carbocycles. The molecule has 1 aliphatic heterocycles. The van der Waals surface area contributed by atoms with E-state index in [-0.39, 0.29) is 45.5 Å². The summed E-state index contributed by atoms with van der Waals surface area (Å²) in [5, 5.41) is 10.4. The maximum atomic E-state index is 13.4. The molecule has 9 nitrogen and oxygen atoms in total. The zero-order chi connectivity index (χ0) is 35.6. The molecule has 264 valence electrons. The fraction of sp³-hybridized carbons (Fsp3) is 0.487. The number of esters is 3. The van der Waals surface area contributed by atoms with E-state index in [1.165, 1.54) is 101 Å². The highest BCUT2D eigenvalue weighted by atomic mass is 35.5. The Bertz CT molecular complexity index is 1510. The minimum atomic E-state index is -1.03. The number of carbonyl (C=O) groups excluding carboxylic acids is 3. The molecule has 1 atom stereocenters. The van der Waals surface area contributed by atoms with Crippen LogP contribution in [-0.4, -0.2) is 38.7 Å². The van der Waals surface area contributed by atoms with Crippen molar-refractivity contribution < 1.29 is 28.6 Å². The number of nitrogens with zero attached hydrogens (tertiary/aromatic N) is 2. The van der Waals surface area contributed by atoms with Crippen molar-refractivity contribution in [2.45, 2.75) is 103 Å². The lowest BCUT2D eigenvalue weighted by atomic mass is 9.81. The summed E-state index contributed by atoms with van der Waals surface area (Å²) in [6.45, 7) is 2.51. The lowest BCUT2D eigenvalue weighted by Crippen LogP contribution is -2.41. The molecule has 0 aromatic heterocycles. The second-order valence-electron chi connectivity index (χ2n) is 12.2. The standard InChI is InChI=1S/C39H50ClN3O6/c1-4-5-6-7-8-9-10-11-12-13-14-15-16-20-25-49-37(44)29-23-24-31(40)32(26-29)43-35(39(46)48-3)34(38(45)47-2)33(30(27-41)36(43)42)28-21-18-17-19-22-28/h17-19,21-24,26,33H,4-16,20,25,42H2,1-3H3. The van der Waals surface area contributed by atoms with Crippen molar-refractivity contribution in [1.82, 2.24) is 0 Å². The monoisotopic (exact) mass is 691 g/mol. The topological polar surface area (TPSA) is 132 Å². The predicted molar refractivity (Wildman–Crippen MR) is 192 cm³/mol. The number of anilines is 1. The van der Waals surface area contributed by atoms with Crippen LogP contribution in [0.3, 0.4) is 0 Å². The van der Waals surface area contributed by atoms with E-state index in [1.54, 1.807) is 30.3 Å². The van der Waals surface area contributed by atoms with Crippen LogP contribution in [0.15, 0.2) is 71.2 Å². The molecule has 0 saturated heterocycles. The van der Waals surface area contributed by atoms with E-state index < -0.39 is 23.8 Å². The van der Waals surface area contributed by atoms with Crippen LogP contribution in [0.25, 0.3) is 0 Å². The van der Waals surface area contributed by atoms with Crippen molar-refractivity contribution in [1.29, 1.82) is 5.26 Å². The van der Waals surface area contributed by atoms with Gasteiger partial charge in [-0.05, 0) is 30.2 Å². The van der Waals surface area contributed by atoms with Crippen molar-refractivity contribution in [2.75, 3.05) is 25.7 Å². The number of halogens is 1. The smallest absolute Gasteiger partial charge is 0.355 e. The molecule has 0 saturated carbocycles. The molecule has 0 amide bonds. The third-order valence-corrected chi connectivity index (χ3v) is 9.08. The van der Waals surface area contributed by atoms with E-state index in [2.05, 4.69) is 13.0 Å². The van der Waals surface area contributed by atoms with Gasteiger partial charge in [0.1, 0.15) is 11.5 Å². The summed E-state index contributed by atoms with van der Waals surface area (Å²) in [5.41, 5.74) is 6.92. The number of methoxy groups -OCH3 is 2. The Morgan fingerprint density at radius 3 is 1.88 bits per heavy atom. The number of carbonyl (C=O) groups is 3. The van der Waals surface area contributed by atoms with Crippen molar-refractivity contribution in [3.05, 3.63) is 87.3 Å². The molecule has 0 bridgehead atoms. The second kappa shape index (κ2) is 20.9. The van der Waals surface area contributed by atoms with Crippen LogP contribution >= 0.6 is 11.6 Å². The number of ether oxygens (including phenoxy) is 3. The van der Waals surface area contributed by atoms with E-state index in [0.717, 1.165) is 26.4 Å². The van der Waals surface area contributed by atoms with Gasteiger partial charge in [-0.1, -0.05) is 132 Å². The highest BCUT2D eigenvalue weighted by Crippen LogP contribution is 2.44. The molecule has 1 aliphatic rings. The largest absolute Gasteiger partial charge is 0.466 e. The lowest BCUT2D eigenvalue weighted by molar-refractivity contribution is -0.139. The molecule has 10 heteroatoms. The van der Waals surface area contributed by atoms with Crippen LogP contribution in [0.2, 0.25) is 5.02 Å². The molecule has 2 aromatic rings. The van der Waals surface area contributed by atoms with Crippen LogP contribution in [0, 0.1) is 11.3 Å². The molecular formula is C39H50ClN3O6. The number of benzene rings is 2. The van der Waals surface area contributed by atoms with Gasteiger partial charge in [0.2, 0.25) is 0 Å². The summed E-state index contributed by atoms with van der Waals surface area (Å²) < 4.78 is 15.7. The van der Waals surface area contributed by atoms with Gasteiger partial charge in [0, 0.05) is 0 Å². The number of hydrogen-bond acceptors (Lipinski definition) is 9. The van der Waals surface area contributed by atoms with Crippen LogP contribution in [-0.2, 0) is 23.8 Å². The maximum Gasteiger partial charge on any atom is 0.355 e. The number of nitriles is 1. The van der Waals surface area contributed by atoms with E-state index in [1.807, 2.05) is 0 Å². The maximum absolute atomic E-state index is 13.4. The zero-order valence-electron chi connectivity index (χ0n) is 29.1. The molecule has 0 aliphatic carbocycles. The first-order valence-corrected chi connectivity index (χ1v) is 17.8. The first kappa shape index (κ1) is 39.2. The minimum Gasteiger partial charge on any atom is -0.466 e. The number of nitrogens with two attached hydrogens (primary N) is 1. The van der Waals surface area contributed by atoms with Gasteiger partial charge in [0.25, 0.3) is 0 Å². The van der Waals surface area contributed by atoms with Crippen LogP contribution in [0.1, 0.15) is 119 Å². The summed E-state index contributed by atoms with van der Waals surface area (Å²) in [4.78, 5) is 41.0. The van der Waals surface area contributed by atoms with Crippen molar-refractivity contribution >= 4 is 35.2 Å². The minimum absolute atomic E-state index is 0.0129. The molecule has 0 fully saturated rings. The van der Waals surface area contributed by atoms with Crippen molar-refractivity contribution in [3.63, 3.8) is 0 Å². The second-order valence-corrected chi connectivity index (χ2v) is 12.6. The summed E-state index contributed by atoms with van der Waals surface area (Å²) >= 11 is 6.62. The molecule has 1 heterocycles. The van der Waals surface area contributed by atoms with Gasteiger partial charge in [0.05, 0.1) is 60.2 Å². The van der Waals surface area contributed by atoms with Crippen LogP contribution < -0.4 is 10.6 Å². The zero-order valence-corrected chi connectivity index (χ0v) is 29.9. The van der Waals surface area contributed by atoms with Gasteiger partial charge >= 0.3 is 17.9 Å². The molecule has 2 N–H and O–H groups in total. The fourth-order valence-electron chi connectivity index (χ4n) is 6.12. The number of hydrogen-bond donors (Lipinski definition) is 1. The Balaban J connectivity index is 1.68. The first-order chi connectivity index (χ1) is 23.8. The van der Waals surface area contributed by atoms with Gasteiger partial charge in [-0.25, -0.2) is 14.4 Å². The lowest BCUT2D eigenvalue weighted by Gasteiger charge is -2.36. The Morgan fingerprint density at radius 2 is 1.35 bits per heavy atom. The van der Waals surface area contributed by atoms with Gasteiger partial charge in [-0.3, -0.25) is 4.90 Å². The summed E-state index contributed by atoms with van der Waals surface area (Å²) in [6.07, 6.45) is 17.2. The Morgan fingerprint density at radius 1 is 0.796 bits per heavy atom. The average Bonchev–Trinajstić information content (AvgIpc) is 3.12. The van der Waals surface area contributed by atoms with Crippen LogP contribution in [0.5, 0.6) is 0 Å². The van der Waals surface area contributed by atoms with Gasteiger partial charge in [0.15, 0.2) is 0 Å². The van der Waals surface area contributed by atoms with E-state index in [9.17, 15) is 19.6 Å². The summed E-state index contributed by atoms with van der Waals surface area (Å²) in [6, 6.07) is 15.2. The number of rotatable bonds is 20. The van der Waals surface area contributed by atoms with Crippen molar-refractivity contribution in [3.8, 4) is 6.07 Å². The molecule has 49 heavy (non-hydrogen) atoms. The average molecular weight is 692 g/mol. The normalized spacial score (nSPS) is 14.4. The van der Waals surface area contributed by atoms with E-state index in [4.69, 9.17) is 31.5 Å². The molecule has 0 radical (unpaired) electrons. The van der Waals surface area contributed by atoms with E-state index in [0.29, 0.717) is 5.56 Å².